The lowest BCUT2D eigenvalue weighted by Gasteiger charge is -2.30. The van der Waals surface area contributed by atoms with Crippen LogP contribution in [0, 0.1) is 39.9 Å². The molecule has 3 aliphatic rings. The molecule has 2 bridgehead atoms. The number of esters is 1. The van der Waals surface area contributed by atoms with Crippen molar-refractivity contribution < 1.29 is 14.3 Å². The average molecular weight is 275 g/mol. The number of nitriles is 1. The molecule has 4 heteroatoms. The van der Waals surface area contributed by atoms with Gasteiger partial charge < -0.3 is 4.74 Å². The highest BCUT2D eigenvalue weighted by molar-refractivity contribution is 5.86. The van der Waals surface area contributed by atoms with Crippen LogP contribution >= 0.6 is 0 Å². The molecular formula is C16H21NO3. The van der Waals surface area contributed by atoms with E-state index in [1.807, 2.05) is 20.8 Å². The molecule has 20 heavy (non-hydrogen) atoms. The number of Topliss-reactive ketones (excluding diaryl/α,β-unsaturated/α-hetero) is 1. The Hall–Kier alpha value is -1.37. The van der Waals surface area contributed by atoms with Gasteiger partial charge in [0.25, 0.3) is 0 Å². The number of nitrogens with zero attached hydrogens (tertiary/aromatic N) is 1. The molecule has 0 aromatic heterocycles. The second kappa shape index (κ2) is 4.07. The van der Waals surface area contributed by atoms with E-state index < -0.39 is 5.41 Å². The van der Waals surface area contributed by atoms with Gasteiger partial charge in [-0.3, -0.25) is 9.59 Å². The molecule has 0 aromatic rings. The van der Waals surface area contributed by atoms with Gasteiger partial charge >= 0.3 is 5.97 Å². The van der Waals surface area contributed by atoms with Crippen LogP contribution in [0.1, 0.15) is 46.5 Å². The highest BCUT2D eigenvalue weighted by atomic mass is 16.6. The molecule has 5 unspecified atom stereocenters. The molecule has 3 rings (SSSR count). The van der Waals surface area contributed by atoms with Gasteiger partial charge in [-0.15, -0.1) is 0 Å². The smallest absolute Gasteiger partial charge is 0.327 e. The van der Waals surface area contributed by atoms with E-state index in [2.05, 4.69) is 6.07 Å². The molecule has 2 saturated carbocycles. The summed E-state index contributed by atoms with van der Waals surface area (Å²) in [6.07, 6.45) is 2.57. The Labute approximate surface area is 119 Å². The maximum Gasteiger partial charge on any atom is 0.327 e. The molecule has 0 spiro atoms. The van der Waals surface area contributed by atoms with Crippen molar-refractivity contribution in [2.75, 3.05) is 0 Å². The van der Waals surface area contributed by atoms with Crippen molar-refractivity contribution in [2.24, 2.45) is 28.6 Å². The van der Waals surface area contributed by atoms with E-state index in [0.29, 0.717) is 18.8 Å². The van der Waals surface area contributed by atoms with Crippen LogP contribution < -0.4 is 0 Å². The van der Waals surface area contributed by atoms with Gasteiger partial charge in [0.05, 0.1) is 6.07 Å². The van der Waals surface area contributed by atoms with Crippen molar-refractivity contribution in [1.29, 1.82) is 5.26 Å². The number of ketones is 1. The maximum absolute atomic E-state index is 12.4. The third-order valence-corrected chi connectivity index (χ3v) is 6.06. The van der Waals surface area contributed by atoms with E-state index in [1.54, 1.807) is 0 Å². The highest BCUT2D eigenvalue weighted by Crippen LogP contribution is 2.64. The zero-order valence-corrected chi connectivity index (χ0v) is 12.3. The largest absolute Gasteiger partial charge is 0.460 e. The van der Waals surface area contributed by atoms with Crippen LogP contribution in [-0.2, 0) is 14.3 Å². The number of hydrogen-bond donors (Lipinski definition) is 0. The van der Waals surface area contributed by atoms with Crippen LogP contribution in [0.2, 0.25) is 0 Å². The molecule has 1 aliphatic heterocycles. The third-order valence-electron chi connectivity index (χ3n) is 6.06. The molecule has 1 heterocycles. The van der Waals surface area contributed by atoms with Gasteiger partial charge in [0.15, 0.2) is 5.41 Å². The lowest BCUT2D eigenvalue weighted by molar-refractivity contribution is -0.147. The lowest BCUT2D eigenvalue weighted by Crippen LogP contribution is -2.36. The summed E-state index contributed by atoms with van der Waals surface area (Å²) in [6, 6.07) is 2.21. The van der Waals surface area contributed by atoms with Crippen LogP contribution in [0.5, 0.6) is 0 Å². The van der Waals surface area contributed by atoms with Gasteiger partial charge in [-0.1, -0.05) is 20.8 Å². The number of rotatable bonds is 4. The van der Waals surface area contributed by atoms with Crippen molar-refractivity contribution in [3.05, 3.63) is 0 Å². The number of carbonyl (C=O) groups is 2. The van der Waals surface area contributed by atoms with Gasteiger partial charge in [0, 0.05) is 23.7 Å². The van der Waals surface area contributed by atoms with E-state index in [9.17, 15) is 14.9 Å². The molecule has 0 N–H and O–H groups in total. The summed E-state index contributed by atoms with van der Waals surface area (Å²) in [4.78, 5) is 24.4. The standard InChI is InChI=1S/C16H21NO3/c1-4-15(2,3)12(18)6-10-9-5-11-13(10)20-14(19)16(11,7-9)8-17/h9-11,13H,4-7H2,1-3H3. The Morgan fingerprint density at radius 2 is 2.25 bits per heavy atom. The number of fused-ring (bicyclic) bond motifs is 1. The topological polar surface area (TPSA) is 67.2 Å². The van der Waals surface area contributed by atoms with E-state index in [1.165, 1.54) is 0 Å². The molecule has 3 fully saturated rings. The Morgan fingerprint density at radius 1 is 1.55 bits per heavy atom. The Balaban J connectivity index is 1.80. The van der Waals surface area contributed by atoms with Gasteiger partial charge in [0.1, 0.15) is 11.9 Å². The first kappa shape index (κ1) is 13.6. The maximum atomic E-state index is 12.4. The lowest BCUT2D eigenvalue weighted by atomic mass is 9.69. The van der Waals surface area contributed by atoms with Gasteiger partial charge in [-0.2, -0.15) is 5.26 Å². The first-order valence-corrected chi connectivity index (χ1v) is 7.51. The van der Waals surface area contributed by atoms with E-state index >= 15 is 0 Å². The van der Waals surface area contributed by atoms with E-state index in [0.717, 1.165) is 12.8 Å². The molecule has 108 valence electrons. The van der Waals surface area contributed by atoms with Crippen molar-refractivity contribution >= 4 is 11.8 Å². The van der Waals surface area contributed by atoms with Gasteiger partial charge in [-0.25, -0.2) is 0 Å². The molecule has 2 aliphatic carbocycles. The van der Waals surface area contributed by atoms with E-state index in [-0.39, 0.29) is 35.1 Å². The summed E-state index contributed by atoms with van der Waals surface area (Å²) in [5.74, 6) is 0.358. The van der Waals surface area contributed by atoms with E-state index in [4.69, 9.17) is 4.74 Å². The molecule has 4 nitrogen and oxygen atoms in total. The summed E-state index contributed by atoms with van der Waals surface area (Å²) in [7, 11) is 0. The summed E-state index contributed by atoms with van der Waals surface area (Å²) in [5.41, 5.74) is -1.20. The van der Waals surface area contributed by atoms with Crippen LogP contribution in [0.15, 0.2) is 0 Å². The fourth-order valence-electron chi connectivity index (χ4n) is 4.26. The number of ether oxygens (including phenoxy) is 1. The quantitative estimate of drug-likeness (QED) is 0.739. The normalized spacial score (nSPS) is 41.6. The van der Waals surface area contributed by atoms with Crippen LogP contribution in [-0.4, -0.2) is 17.9 Å². The van der Waals surface area contributed by atoms with Crippen LogP contribution in [0.25, 0.3) is 0 Å². The summed E-state index contributed by atoms with van der Waals surface area (Å²) < 4.78 is 5.48. The molecule has 0 aromatic carbocycles. The zero-order chi connectivity index (χ0) is 14.7. The van der Waals surface area contributed by atoms with Crippen molar-refractivity contribution in [3.8, 4) is 6.07 Å². The minimum Gasteiger partial charge on any atom is -0.460 e. The number of carbonyl (C=O) groups excluding carboxylic acids is 2. The fourth-order valence-corrected chi connectivity index (χ4v) is 4.26. The zero-order valence-electron chi connectivity index (χ0n) is 12.3. The predicted molar refractivity (Wildman–Crippen MR) is 71.3 cm³/mol. The van der Waals surface area contributed by atoms with Gasteiger partial charge in [-0.05, 0) is 25.2 Å². The van der Waals surface area contributed by atoms with Crippen molar-refractivity contribution in [1.82, 2.24) is 0 Å². The first-order chi connectivity index (χ1) is 9.35. The van der Waals surface area contributed by atoms with Crippen LogP contribution in [0.3, 0.4) is 0 Å². The number of hydrogen-bond acceptors (Lipinski definition) is 4. The Morgan fingerprint density at radius 3 is 2.85 bits per heavy atom. The first-order valence-electron chi connectivity index (χ1n) is 7.51. The van der Waals surface area contributed by atoms with Crippen molar-refractivity contribution in [3.63, 3.8) is 0 Å². The molecule has 0 radical (unpaired) electrons. The molecule has 5 atom stereocenters. The molecule has 1 saturated heterocycles. The fraction of sp³-hybridized carbons (Fsp3) is 0.812. The summed E-state index contributed by atoms with van der Waals surface area (Å²) in [5, 5.41) is 9.35. The Bertz CT molecular complexity index is 518. The third kappa shape index (κ3) is 1.52. The van der Waals surface area contributed by atoms with Gasteiger partial charge in [0.2, 0.25) is 0 Å². The monoisotopic (exact) mass is 275 g/mol. The van der Waals surface area contributed by atoms with Crippen LogP contribution in [0.4, 0.5) is 0 Å². The minimum absolute atomic E-state index is 0.0209. The predicted octanol–water partition coefficient (Wildman–Crippen LogP) is 2.47. The summed E-state index contributed by atoms with van der Waals surface area (Å²) in [6.45, 7) is 5.97. The Kier molecular flexibility index (Phi) is 2.77. The minimum atomic E-state index is -0.894. The average Bonchev–Trinajstić information content (AvgIpc) is 3.00. The SMILES string of the molecule is CCC(C)(C)C(=O)CC1C2CC3C1OC(=O)C3(C#N)C2. The second-order valence-electron chi connectivity index (χ2n) is 7.29. The molecular weight excluding hydrogens is 254 g/mol. The molecule has 0 amide bonds. The highest BCUT2D eigenvalue weighted by Gasteiger charge is 2.71. The second-order valence-corrected chi connectivity index (χ2v) is 7.29. The summed E-state index contributed by atoms with van der Waals surface area (Å²) >= 11 is 0. The van der Waals surface area contributed by atoms with Crippen molar-refractivity contribution in [2.45, 2.75) is 52.6 Å².